The summed E-state index contributed by atoms with van der Waals surface area (Å²) in [7, 11) is 0. The molecule has 0 aliphatic heterocycles. The predicted octanol–water partition coefficient (Wildman–Crippen LogP) is 14.4. The first-order valence-corrected chi connectivity index (χ1v) is 19.0. The lowest BCUT2D eigenvalue weighted by Crippen LogP contribution is -2.17. The molecule has 0 saturated heterocycles. The molecule has 0 spiro atoms. The number of aliphatic imine (C=N–C) groups is 2. The molecule has 0 aliphatic carbocycles. The predicted molar refractivity (Wildman–Crippen MR) is 226 cm³/mol. The Morgan fingerprint density at radius 1 is 0.608 bits per heavy atom. The number of benzene rings is 5. The van der Waals surface area contributed by atoms with Gasteiger partial charge in [0.2, 0.25) is 0 Å². The van der Waals surface area contributed by atoms with Crippen molar-refractivity contribution in [2.45, 2.75) is 133 Å². The van der Waals surface area contributed by atoms with Crippen LogP contribution in [0.1, 0.15) is 149 Å². The van der Waals surface area contributed by atoms with E-state index in [4.69, 9.17) is 14.4 Å². The average molecular weight is 683 g/mol. The molecule has 270 valence electrons. The third-order valence-corrected chi connectivity index (χ3v) is 9.51. The van der Waals surface area contributed by atoms with Crippen molar-refractivity contribution in [3.63, 3.8) is 0 Å². The molecule has 0 fully saturated rings. The third-order valence-electron chi connectivity index (χ3n) is 9.51. The average Bonchev–Trinajstić information content (AvgIpc) is 3.48. The van der Waals surface area contributed by atoms with Gasteiger partial charge in [0, 0.05) is 27.5 Å². The van der Waals surface area contributed by atoms with Gasteiger partial charge in [-0.05, 0) is 70.5 Å². The van der Waals surface area contributed by atoms with E-state index in [9.17, 15) is 0 Å². The van der Waals surface area contributed by atoms with Crippen molar-refractivity contribution < 1.29 is 4.42 Å². The van der Waals surface area contributed by atoms with Gasteiger partial charge < -0.3 is 4.42 Å². The van der Waals surface area contributed by atoms with E-state index in [1.165, 1.54) is 43.8 Å². The van der Waals surface area contributed by atoms with Crippen molar-refractivity contribution in [3.8, 4) is 0 Å². The van der Waals surface area contributed by atoms with E-state index < -0.39 is 0 Å². The van der Waals surface area contributed by atoms with E-state index in [1.54, 1.807) is 0 Å². The van der Waals surface area contributed by atoms with Gasteiger partial charge in [-0.3, -0.25) is 4.99 Å². The van der Waals surface area contributed by atoms with Crippen LogP contribution in [0.15, 0.2) is 93.3 Å². The zero-order valence-corrected chi connectivity index (χ0v) is 34.4. The van der Waals surface area contributed by atoms with Crippen LogP contribution in [0.3, 0.4) is 0 Å². The maximum Gasteiger partial charge on any atom is 0.155 e. The monoisotopic (exact) mass is 682 g/mol. The minimum Gasteiger partial charge on any atom is -0.455 e. The lowest BCUT2D eigenvalue weighted by atomic mass is 9.76. The fraction of sp³-hybridized carbons (Fsp3) is 0.417. The van der Waals surface area contributed by atoms with Crippen LogP contribution in [-0.4, -0.2) is 11.5 Å². The summed E-state index contributed by atoms with van der Waals surface area (Å²) in [5.41, 5.74) is 10.9. The van der Waals surface area contributed by atoms with Gasteiger partial charge in [-0.25, -0.2) is 4.99 Å². The Kier molecular flexibility index (Phi) is 11.8. The van der Waals surface area contributed by atoms with Gasteiger partial charge in [0.1, 0.15) is 11.2 Å². The molecule has 0 bridgehead atoms. The van der Waals surface area contributed by atoms with Crippen molar-refractivity contribution in [1.29, 1.82) is 0 Å². The van der Waals surface area contributed by atoms with E-state index in [0.717, 1.165) is 39.4 Å². The first-order valence-electron chi connectivity index (χ1n) is 19.0. The van der Waals surface area contributed by atoms with Gasteiger partial charge >= 0.3 is 0 Å². The minimum atomic E-state index is -0.0945. The summed E-state index contributed by atoms with van der Waals surface area (Å²) in [5.74, 6) is 0.725. The Hall–Kier alpha value is -4.24. The normalized spacial score (nSPS) is 13.6. The number of furan rings is 1. The molecule has 0 N–H and O–H groups in total. The second kappa shape index (κ2) is 15.2. The summed E-state index contributed by atoms with van der Waals surface area (Å²) in [5, 5.41) is 4.97. The molecule has 1 atom stereocenters. The number of hydrogen-bond acceptors (Lipinski definition) is 2. The molecule has 6 aromatic rings. The van der Waals surface area contributed by atoms with Crippen molar-refractivity contribution in [2.24, 2.45) is 9.98 Å². The maximum atomic E-state index is 7.09. The molecule has 0 amide bonds. The summed E-state index contributed by atoms with van der Waals surface area (Å²) in [4.78, 5) is 10.6. The summed E-state index contributed by atoms with van der Waals surface area (Å²) in [6.07, 6.45) is 0. The standard InChI is InChI=1S/C44H50N2O.2C2H6/c1-26-18-20-30(21-19-26)41(45-27(2)29-16-14-13-15-17-29)46-28(3)33-24-34(42(4,5)6)31-22-23-32-35(43(7,8)9)25-36(44(10,11)12)40-38(32)37(31)39(33)47-40;2*1-2/h13-25,27H,1-12H3;2*1-2H3. The third kappa shape index (κ3) is 7.98. The molecule has 0 saturated carbocycles. The second-order valence-electron chi connectivity index (χ2n) is 16.5. The molecule has 0 aliphatic rings. The highest BCUT2D eigenvalue weighted by atomic mass is 16.3. The van der Waals surface area contributed by atoms with Crippen molar-refractivity contribution in [2.75, 3.05) is 0 Å². The number of hydrogen-bond donors (Lipinski definition) is 0. The van der Waals surface area contributed by atoms with Gasteiger partial charge in [-0.1, -0.05) is 168 Å². The molecule has 3 heteroatoms. The highest BCUT2D eigenvalue weighted by Gasteiger charge is 2.31. The van der Waals surface area contributed by atoms with E-state index in [0.29, 0.717) is 0 Å². The molecule has 1 unspecified atom stereocenters. The number of amidine groups is 1. The quantitative estimate of drug-likeness (QED) is 0.104. The molecule has 3 nitrogen and oxygen atoms in total. The summed E-state index contributed by atoms with van der Waals surface area (Å²) in [6, 6.07) is 28.3. The highest BCUT2D eigenvalue weighted by Crippen LogP contribution is 2.48. The SMILES string of the molecule is CC.CC.CC(=NC(=NC(C)c1ccccc1)c1ccc(C)cc1)c1cc(C(C)(C)C)c2ccc3c(C(C)(C)C)cc(C(C)(C)C)c4oc1c2c34. The first kappa shape index (κ1) is 39.5. The van der Waals surface area contributed by atoms with E-state index >= 15 is 0 Å². The Morgan fingerprint density at radius 2 is 1.10 bits per heavy atom. The Bertz CT molecular complexity index is 2140. The zero-order chi connectivity index (χ0) is 38.1. The fourth-order valence-electron chi connectivity index (χ4n) is 6.83. The van der Waals surface area contributed by atoms with Crippen LogP contribution in [0.25, 0.3) is 32.7 Å². The number of rotatable bonds is 4. The molecule has 0 radical (unpaired) electrons. The Balaban J connectivity index is 0.00000141. The van der Waals surface area contributed by atoms with Crippen LogP contribution >= 0.6 is 0 Å². The van der Waals surface area contributed by atoms with Gasteiger partial charge in [0.05, 0.1) is 11.8 Å². The smallest absolute Gasteiger partial charge is 0.155 e. The molecule has 6 rings (SSSR count). The van der Waals surface area contributed by atoms with Crippen LogP contribution in [0.2, 0.25) is 0 Å². The summed E-state index contributed by atoms with van der Waals surface area (Å²) >= 11 is 0. The lowest BCUT2D eigenvalue weighted by Gasteiger charge is -2.27. The van der Waals surface area contributed by atoms with Gasteiger partial charge in [0.15, 0.2) is 5.84 Å². The van der Waals surface area contributed by atoms with Gasteiger partial charge in [0.25, 0.3) is 0 Å². The van der Waals surface area contributed by atoms with Crippen LogP contribution < -0.4 is 0 Å². The molecule has 1 heterocycles. The second-order valence-corrected chi connectivity index (χ2v) is 16.5. The van der Waals surface area contributed by atoms with Crippen molar-refractivity contribution in [1.82, 2.24) is 0 Å². The Morgan fingerprint density at radius 3 is 1.61 bits per heavy atom. The van der Waals surface area contributed by atoms with Crippen molar-refractivity contribution >= 4 is 44.3 Å². The number of nitrogens with zero attached hydrogens (tertiary/aromatic N) is 2. The van der Waals surface area contributed by atoms with Gasteiger partial charge in [-0.15, -0.1) is 0 Å². The first-order chi connectivity index (χ1) is 23.9. The van der Waals surface area contributed by atoms with E-state index in [2.05, 4.69) is 156 Å². The molecule has 5 aromatic carbocycles. The van der Waals surface area contributed by atoms with Gasteiger partial charge in [-0.2, -0.15) is 0 Å². The highest BCUT2D eigenvalue weighted by molar-refractivity contribution is 6.28. The van der Waals surface area contributed by atoms with Crippen LogP contribution in [0, 0.1) is 6.92 Å². The fourth-order valence-corrected chi connectivity index (χ4v) is 6.83. The molecular formula is C48H62N2O. The molecular weight excluding hydrogens is 621 g/mol. The summed E-state index contributed by atoms with van der Waals surface area (Å²) < 4.78 is 7.09. The minimum absolute atomic E-state index is 0.0222. The topological polar surface area (TPSA) is 37.9 Å². The molecule has 51 heavy (non-hydrogen) atoms. The number of aryl methyl sites for hydroxylation is 1. The van der Waals surface area contributed by atoms with Crippen LogP contribution in [0.4, 0.5) is 0 Å². The zero-order valence-electron chi connectivity index (χ0n) is 34.4. The molecule has 1 aromatic heterocycles. The lowest BCUT2D eigenvalue weighted by molar-refractivity contribution is 0.561. The maximum absolute atomic E-state index is 7.09. The summed E-state index contributed by atoms with van der Waals surface area (Å²) in [6.45, 7) is 35.1. The van der Waals surface area contributed by atoms with Crippen LogP contribution in [-0.2, 0) is 16.2 Å². The van der Waals surface area contributed by atoms with E-state index in [1.807, 2.05) is 33.8 Å². The largest absolute Gasteiger partial charge is 0.455 e. The van der Waals surface area contributed by atoms with E-state index in [-0.39, 0.29) is 22.3 Å². The van der Waals surface area contributed by atoms with Crippen molar-refractivity contribution in [3.05, 3.63) is 118 Å². The Labute approximate surface area is 308 Å². The van der Waals surface area contributed by atoms with Crippen LogP contribution in [0.5, 0.6) is 0 Å².